The Morgan fingerprint density at radius 1 is 0.935 bits per heavy atom. The number of methoxy groups -OCH3 is 1. The molecule has 31 heavy (non-hydrogen) atoms. The lowest BCUT2D eigenvalue weighted by atomic mass is 9.95. The lowest BCUT2D eigenvalue weighted by Crippen LogP contribution is -2.02. The fourth-order valence-corrected chi connectivity index (χ4v) is 4.10. The second kappa shape index (κ2) is 7.45. The average Bonchev–Trinajstić information content (AvgIpc) is 3.19. The fourth-order valence-electron chi connectivity index (χ4n) is 4.10. The van der Waals surface area contributed by atoms with Gasteiger partial charge in [-0.2, -0.15) is 0 Å². The Bertz CT molecular complexity index is 1460. The number of fused-ring (bicyclic) bond motifs is 3. The van der Waals surface area contributed by atoms with Gasteiger partial charge in [-0.05, 0) is 36.2 Å². The van der Waals surface area contributed by atoms with Crippen LogP contribution in [-0.4, -0.2) is 12.2 Å². The maximum atomic E-state index is 12.2. The van der Waals surface area contributed by atoms with Gasteiger partial charge in [-0.3, -0.25) is 0 Å². The lowest BCUT2D eigenvalue weighted by molar-refractivity contribution is 0.188. The largest absolute Gasteiger partial charge is 0.496 e. The average molecular weight is 412 g/mol. The van der Waals surface area contributed by atoms with Crippen LogP contribution in [-0.2, 0) is 0 Å². The molecule has 1 atom stereocenters. The van der Waals surface area contributed by atoms with E-state index in [0.717, 1.165) is 16.5 Å². The van der Waals surface area contributed by atoms with Crippen LogP contribution in [0.3, 0.4) is 0 Å². The second-order valence-corrected chi connectivity index (χ2v) is 7.42. The number of aliphatic hydroxyl groups excluding tert-OH is 1. The van der Waals surface area contributed by atoms with Crippen molar-refractivity contribution < 1.29 is 18.7 Å². The zero-order valence-electron chi connectivity index (χ0n) is 17.1. The molecule has 1 unspecified atom stereocenters. The summed E-state index contributed by atoms with van der Waals surface area (Å²) >= 11 is 0. The third-order valence-electron chi connectivity index (χ3n) is 5.54. The van der Waals surface area contributed by atoms with Crippen molar-refractivity contribution in [2.24, 2.45) is 0 Å². The molecule has 5 aromatic rings. The molecule has 5 rings (SSSR count). The number of hydrogen-bond donors (Lipinski definition) is 1. The molecule has 0 amide bonds. The van der Waals surface area contributed by atoms with E-state index in [4.69, 9.17) is 13.6 Å². The zero-order chi connectivity index (χ0) is 21.5. The van der Waals surface area contributed by atoms with E-state index in [2.05, 4.69) is 0 Å². The first-order chi connectivity index (χ1) is 15.1. The van der Waals surface area contributed by atoms with Crippen molar-refractivity contribution in [1.29, 1.82) is 0 Å². The summed E-state index contributed by atoms with van der Waals surface area (Å²) in [6, 6.07) is 22.1. The van der Waals surface area contributed by atoms with Gasteiger partial charge in [0.15, 0.2) is 0 Å². The molecular weight excluding hydrogens is 392 g/mol. The molecule has 1 N–H and O–H groups in total. The smallest absolute Gasteiger partial charge is 0.336 e. The van der Waals surface area contributed by atoms with Gasteiger partial charge < -0.3 is 18.7 Å². The maximum absolute atomic E-state index is 12.2. The fraction of sp³-hybridized carbons (Fsp3) is 0.115. The van der Waals surface area contributed by atoms with Crippen molar-refractivity contribution in [2.45, 2.75) is 13.0 Å². The number of para-hydroxylation sites is 1. The van der Waals surface area contributed by atoms with Crippen molar-refractivity contribution in [2.75, 3.05) is 7.11 Å². The summed E-state index contributed by atoms with van der Waals surface area (Å²) in [4.78, 5) is 12.2. The molecule has 0 aliphatic heterocycles. The van der Waals surface area contributed by atoms with Gasteiger partial charge in [-0.1, -0.05) is 48.5 Å². The molecule has 2 aromatic heterocycles. The van der Waals surface area contributed by atoms with Crippen molar-refractivity contribution in [3.8, 4) is 16.9 Å². The molecule has 0 saturated carbocycles. The normalized spacial score (nSPS) is 12.4. The number of benzene rings is 3. The number of ether oxygens (including phenoxy) is 1. The standard InChI is InChI=1S/C26H20O5/c1-15-14-21(27)31-25-17(15)12-13-20-23(25)22(16-8-4-3-5-9-16)26(30-20)24(28)18-10-6-7-11-19(18)29-2/h3-14,24,28H,1-2H3. The molecular formula is C26H20O5. The molecule has 5 nitrogen and oxygen atoms in total. The molecule has 154 valence electrons. The highest BCUT2D eigenvalue weighted by Gasteiger charge is 2.27. The first-order valence-corrected chi connectivity index (χ1v) is 9.94. The van der Waals surface area contributed by atoms with Crippen LogP contribution in [0.5, 0.6) is 5.75 Å². The summed E-state index contributed by atoms with van der Waals surface area (Å²) in [5.41, 5.74) is 3.50. The van der Waals surface area contributed by atoms with Gasteiger partial charge >= 0.3 is 5.63 Å². The topological polar surface area (TPSA) is 72.8 Å². The Hall–Kier alpha value is -3.83. The van der Waals surface area contributed by atoms with Crippen LogP contribution in [0.1, 0.15) is 23.0 Å². The van der Waals surface area contributed by atoms with Crippen LogP contribution in [0.25, 0.3) is 33.1 Å². The Morgan fingerprint density at radius 2 is 1.68 bits per heavy atom. The van der Waals surface area contributed by atoms with E-state index in [1.165, 1.54) is 6.07 Å². The van der Waals surface area contributed by atoms with Gasteiger partial charge in [0, 0.05) is 22.6 Å². The van der Waals surface area contributed by atoms with Crippen LogP contribution in [0.4, 0.5) is 0 Å². The van der Waals surface area contributed by atoms with Crippen molar-refractivity contribution in [1.82, 2.24) is 0 Å². The Morgan fingerprint density at radius 3 is 2.45 bits per heavy atom. The second-order valence-electron chi connectivity index (χ2n) is 7.42. The highest BCUT2D eigenvalue weighted by Crippen LogP contribution is 2.44. The first kappa shape index (κ1) is 19.2. The summed E-state index contributed by atoms with van der Waals surface area (Å²) in [5, 5.41) is 12.8. The van der Waals surface area contributed by atoms with Gasteiger partial charge in [-0.15, -0.1) is 0 Å². The number of rotatable bonds is 4. The van der Waals surface area contributed by atoms with E-state index in [9.17, 15) is 9.90 Å². The van der Waals surface area contributed by atoms with Gasteiger partial charge in [0.1, 0.15) is 28.8 Å². The predicted molar refractivity (Wildman–Crippen MR) is 119 cm³/mol. The van der Waals surface area contributed by atoms with E-state index in [1.54, 1.807) is 19.2 Å². The predicted octanol–water partition coefficient (Wildman–Crippen LogP) is 5.60. The van der Waals surface area contributed by atoms with E-state index >= 15 is 0 Å². The minimum absolute atomic E-state index is 0.363. The van der Waals surface area contributed by atoms with Crippen molar-refractivity contribution in [3.63, 3.8) is 0 Å². The molecule has 0 bridgehead atoms. The number of hydrogen-bond acceptors (Lipinski definition) is 5. The molecule has 2 heterocycles. The molecule has 3 aromatic carbocycles. The summed E-state index contributed by atoms with van der Waals surface area (Å²) in [5.74, 6) is 0.920. The molecule has 0 radical (unpaired) electrons. The summed E-state index contributed by atoms with van der Waals surface area (Å²) in [6.45, 7) is 1.87. The van der Waals surface area contributed by atoms with Crippen LogP contribution in [0.15, 0.2) is 86.4 Å². The van der Waals surface area contributed by atoms with Crippen LogP contribution < -0.4 is 10.4 Å². The summed E-state index contributed by atoms with van der Waals surface area (Å²) in [6.07, 6.45) is -1.08. The Labute approximate surface area is 178 Å². The molecule has 0 saturated heterocycles. The van der Waals surface area contributed by atoms with Gasteiger partial charge in [0.2, 0.25) is 0 Å². The minimum Gasteiger partial charge on any atom is -0.496 e. The monoisotopic (exact) mass is 412 g/mol. The Kier molecular flexibility index (Phi) is 4.60. The number of furan rings is 1. The summed E-state index contributed by atoms with van der Waals surface area (Å²) in [7, 11) is 1.56. The zero-order valence-corrected chi connectivity index (χ0v) is 17.1. The third kappa shape index (κ3) is 3.10. The van der Waals surface area contributed by atoms with Gasteiger partial charge in [0.25, 0.3) is 0 Å². The molecule has 0 aliphatic carbocycles. The van der Waals surface area contributed by atoms with Crippen LogP contribution >= 0.6 is 0 Å². The minimum atomic E-state index is -1.08. The highest BCUT2D eigenvalue weighted by atomic mass is 16.5. The van der Waals surface area contributed by atoms with E-state index < -0.39 is 11.7 Å². The molecule has 0 fully saturated rings. The van der Waals surface area contributed by atoms with E-state index in [-0.39, 0.29) is 0 Å². The van der Waals surface area contributed by atoms with Crippen molar-refractivity contribution in [3.05, 3.63) is 100 Å². The van der Waals surface area contributed by atoms with Gasteiger partial charge in [0.05, 0.1) is 12.5 Å². The molecule has 0 spiro atoms. The van der Waals surface area contributed by atoms with Crippen LogP contribution in [0.2, 0.25) is 0 Å². The summed E-state index contributed by atoms with van der Waals surface area (Å²) < 4.78 is 17.3. The molecule has 5 heteroatoms. The number of aryl methyl sites for hydroxylation is 1. The van der Waals surface area contributed by atoms with E-state index in [1.807, 2.05) is 61.5 Å². The van der Waals surface area contributed by atoms with Gasteiger partial charge in [-0.25, -0.2) is 4.79 Å². The Balaban J connectivity index is 1.89. The maximum Gasteiger partial charge on any atom is 0.336 e. The SMILES string of the molecule is COc1ccccc1C(O)c1oc2ccc3c(C)cc(=O)oc3c2c1-c1ccccc1. The number of aliphatic hydroxyl groups is 1. The highest BCUT2D eigenvalue weighted by molar-refractivity contribution is 6.11. The lowest BCUT2D eigenvalue weighted by Gasteiger charge is -2.14. The van der Waals surface area contributed by atoms with E-state index in [0.29, 0.717) is 39.2 Å². The quantitative estimate of drug-likeness (QED) is 0.389. The third-order valence-corrected chi connectivity index (χ3v) is 5.54. The molecule has 0 aliphatic rings. The van der Waals surface area contributed by atoms with Crippen molar-refractivity contribution >= 4 is 21.9 Å². The van der Waals surface area contributed by atoms with Crippen LogP contribution in [0, 0.1) is 6.92 Å². The first-order valence-electron chi connectivity index (χ1n) is 9.94.